The maximum absolute atomic E-state index is 12.9. The molecule has 3 rings (SSSR count). The van der Waals surface area contributed by atoms with Crippen LogP contribution in [0.3, 0.4) is 0 Å². The zero-order valence-corrected chi connectivity index (χ0v) is 19.4. The van der Waals surface area contributed by atoms with E-state index in [-0.39, 0.29) is 11.3 Å². The van der Waals surface area contributed by atoms with E-state index in [1.165, 1.54) is 18.2 Å². The lowest BCUT2D eigenvalue weighted by atomic mass is 10.0. The van der Waals surface area contributed by atoms with Gasteiger partial charge < -0.3 is 5.32 Å². The molecule has 0 saturated carbocycles. The average molecular weight is 528 g/mol. The summed E-state index contributed by atoms with van der Waals surface area (Å²) in [6.45, 7) is 0. The van der Waals surface area contributed by atoms with Crippen molar-refractivity contribution in [2.24, 2.45) is 0 Å². The number of carbonyl (C=O) groups is 1. The number of halogens is 3. The predicted molar refractivity (Wildman–Crippen MR) is 123 cm³/mol. The highest BCUT2D eigenvalue weighted by Crippen LogP contribution is 2.27. The highest BCUT2D eigenvalue weighted by molar-refractivity contribution is 9.10. The average Bonchev–Trinajstić information content (AvgIpc) is 2.70. The van der Waals surface area contributed by atoms with E-state index in [2.05, 4.69) is 26.0 Å². The SMILES string of the molecule is O=C(CC(NS(=O)(=O)c1ccc(Br)cc1)c1ccccc1)Nc1ccc(Cl)cc1Cl. The van der Waals surface area contributed by atoms with E-state index in [0.29, 0.717) is 21.3 Å². The van der Waals surface area contributed by atoms with Crippen molar-refractivity contribution in [3.05, 3.63) is 92.9 Å². The van der Waals surface area contributed by atoms with Crippen molar-refractivity contribution in [1.29, 1.82) is 0 Å². The van der Waals surface area contributed by atoms with Gasteiger partial charge in [0.05, 0.1) is 21.6 Å². The summed E-state index contributed by atoms with van der Waals surface area (Å²) < 4.78 is 29.1. The Morgan fingerprint density at radius 1 is 0.967 bits per heavy atom. The minimum Gasteiger partial charge on any atom is -0.325 e. The first-order valence-electron chi connectivity index (χ1n) is 8.82. The molecule has 0 aliphatic rings. The van der Waals surface area contributed by atoms with Crippen molar-refractivity contribution in [3.8, 4) is 0 Å². The van der Waals surface area contributed by atoms with Gasteiger partial charge in [0.1, 0.15) is 0 Å². The molecule has 0 aliphatic carbocycles. The fourth-order valence-corrected chi connectivity index (χ4v) is 4.70. The summed E-state index contributed by atoms with van der Waals surface area (Å²) >= 11 is 15.3. The molecule has 1 unspecified atom stereocenters. The van der Waals surface area contributed by atoms with Crippen LogP contribution in [0.25, 0.3) is 0 Å². The number of hydrogen-bond acceptors (Lipinski definition) is 3. The number of anilines is 1. The molecule has 0 fully saturated rings. The molecule has 0 radical (unpaired) electrons. The number of sulfonamides is 1. The lowest BCUT2D eigenvalue weighted by molar-refractivity contribution is -0.116. The van der Waals surface area contributed by atoms with Crippen molar-refractivity contribution >= 4 is 60.7 Å². The van der Waals surface area contributed by atoms with Crippen LogP contribution in [0.4, 0.5) is 5.69 Å². The van der Waals surface area contributed by atoms with Gasteiger partial charge in [-0.15, -0.1) is 0 Å². The van der Waals surface area contributed by atoms with Crippen molar-refractivity contribution in [2.45, 2.75) is 17.4 Å². The normalized spacial score (nSPS) is 12.4. The van der Waals surface area contributed by atoms with E-state index in [1.807, 2.05) is 6.07 Å². The predicted octanol–water partition coefficient (Wildman–Crippen LogP) is 5.80. The smallest absolute Gasteiger partial charge is 0.241 e. The maximum Gasteiger partial charge on any atom is 0.241 e. The van der Waals surface area contributed by atoms with Crippen molar-refractivity contribution in [2.75, 3.05) is 5.32 Å². The van der Waals surface area contributed by atoms with Crippen molar-refractivity contribution in [1.82, 2.24) is 4.72 Å². The van der Waals surface area contributed by atoms with E-state index in [1.54, 1.807) is 48.5 Å². The van der Waals surface area contributed by atoms with E-state index in [9.17, 15) is 13.2 Å². The lowest BCUT2D eigenvalue weighted by Gasteiger charge is -2.19. The molecule has 30 heavy (non-hydrogen) atoms. The largest absolute Gasteiger partial charge is 0.325 e. The van der Waals surface area contributed by atoms with E-state index < -0.39 is 22.0 Å². The summed E-state index contributed by atoms with van der Waals surface area (Å²) in [6.07, 6.45) is -0.126. The van der Waals surface area contributed by atoms with Crippen LogP contribution >= 0.6 is 39.1 Å². The van der Waals surface area contributed by atoms with Crippen LogP contribution in [0.15, 0.2) is 82.2 Å². The van der Waals surface area contributed by atoms with E-state index in [0.717, 1.165) is 4.47 Å². The maximum atomic E-state index is 12.9. The van der Waals surface area contributed by atoms with Gasteiger partial charge in [0.15, 0.2) is 0 Å². The fourth-order valence-electron chi connectivity index (χ4n) is 2.76. The van der Waals surface area contributed by atoms with E-state index >= 15 is 0 Å². The molecule has 1 atom stereocenters. The van der Waals surface area contributed by atoms with E-state index in [4.69, 9.17) is 23.2 Å². The molecule has 3 aromatic carbocycles. The quantitative estimate of drug-likeness (QED) is 0.407. The molecule has 1 amide bonds. The second-order valence-electron chi connectivity index (χ2n) is 6.41. The topological polar surface area (TPSA) is 75.3 Å². The zero-order valence-electron chi connectivity index (χ0n) is 15.5. The second-order valence-corrected chi connectivity index (χ2v) is 9.89. The Bertz CT molecular complexity index is 1140. The van der Waals surface area contributed by atoms with Gasteiger partial charge in [0.2, 0.25) is 15.9 Å². The minimum absolute atomic E-state index is 0.104. The van der Waals surface area contributed by atoms with Gasteiger partial charge in [-0.05, 0) is 48.0 Å². The Kier molecular flexibility index (Phi) is 7.55. The monoisotopic (exact) mass is 526 g/mol. The number of hydrogen-bond donors (Lipinski definition) is 2. The standard InChI is InChI=1S/C21H17BrCl2N2O3S/c22-15-6-9-17(10-7-15)30(28,29)26-20(14-4-2-1-3-5-14)13-21(27)25-19-11-8-16(23)12-18(19)24/h1-12,20,26H,13H2,(H,25,27). The first-order valence-corrected chi connectivity index (χ1v) is 11.9. The van der Waals surface area contributed by atoms with Crippen LogP contribution in [0.5, 0.6) is 0 Å². The Hall–Kier alpha value is -1.90. The molecule has 2 N–H and O–H groups in total. The molecule has 0 saturated heterocycles. The van der Waals surface area contributed by atoms with Crippen LogP contribution in [0, 0.1) is 0 Å². The first-order chi connectivity index (χ1) is 14.2. The highest BCUT2D eigenvalue weighted by Gasteiger charge is 2.24. The highest BCUT2D eigenvalue weighted by atomic mass is 79.9. The molecule has 5 nitrogen and oxygen atoms in total. The fraction of sp³-hybridized carbons (Fsp3) is 0.0952. The van der Waals surface area contributed by atoms with Crippen LogP contribution in [-0.2, 0) is 14.8 Å². The third-order valence-electron chi connectivity index (χ3n) is 4.22. The second kappa shape index (κ2) is 9.94. The Labute approximate surface area is 193 Å². The van der Waals surface area contributed by atoms with Crippen molar-refractivity contribution < 1.29 is 13.2 Å². The zero-order chi connectivity index (χ0) is 21.7. The molecule has 0 bridgehead atoms. The first kappa shape index (κ1) is 22.8. The van der Waals surface area contributed by atoms with Crippen LogP contribution in [-0.4, -0.2) is 14.3 Å². The number of nitrogens with one attached hydrogen (secondary N) is 2. The molecular weight excluding hydrogens is 511 g/mol. The van der Waals surface area contributed by atoms with Gasteiger partial charge in [-0.25, -0.2) is 13.1 Å². The third kappa shape index (κ3) is 6.06. The van der Waals surface area contributed by atoms with Gasteiger partial charge in [0.25, 0.3) is 0 Å². The Morgan fingerprint density at radius 2 is 1.63 bits per heavy atom. The minimum atomic E-state index is -3.85. The summed E-state index contributed by atoms with van der Waals surface area (Å²) in [5.74, 6) is -0.397. The summed E-state index contributed by atoms with van der Waals surface area (Å²) in [5.41, 5.74) is 1.06. The summed E-state index contributed by atoms with van der Waals surface area (Å²) in [5, 5.41) is 3.44. The van der Waals surface area contributed by atoms with Gasteiger partial charge in [-0.3, -0.25) is 4.79 Å². The molecular formula is C21H17BrCl2N2O3S. The molecule has 0 aromatic heterocycles. The Morgan fingerprint density at radius 3 is 2.27 bits per heavy atom. The molecule has 0 spiro atoms. The van der Waals surface area contributed by atoms with Crippen LogP contribution in [0.2, 0.25) is 10.0 Å². The van der Waals surface area contributed by atoms with Crippen molar-refractivity contribution in [3.63, 3.8) is 0 Å². The molecule has 3 aromatic rings. The number of rotatable bonds is 7. The molecule has 0 heterocycles. The third-order valence-corrected chi connectivity index (χ3v) is 6.78. The number of amides is 1. The van der Waals surface area contributed by atoms with Gasteiger partial charge >= 0.3 is 0 Å². The molecule has 0 aliphatic heterocycles. The van der Waals surface area contributed by atoms with Gasteiger partial charge in [-0.2, -0.15) is 0 Å². The van der Waals surface area contributed by atoms with Crippen LogP contribution < -0.4 is 10.0 Å². The van der Waals surface area contributed by atoms with Gasteiger partial charge in [-0.1, -0.05) is 69.5 Å². The number of carbonyl (C=O) groups excluding carboxylic acids is 1. The van der Waals surface area contributed by atoms with Crippen LogP contribution in [0.1, 0.15) is 18.0 Å². The summed E-state index contributed by atoms with van der Waals surface area (Å²) in [6, 6.07) is 19.1. The Balaban J connectivity index is 1.82. The molecule has 156 valence electrons. The summed E-state index contributed by atoms with van der Waals surface area (Å²) in [7, 11) is -3.85. The summed E-state index contributed by atoms with van der Waals surface area (Å²) in [4.78, 5) is 12.8. The van der Waals surface area contributed by atoms with Gasteiger partial charge in [0, 0.05) is 15.9 Å². The number of benzene rings is 3. The lowest BCUT2D eigenvalue weighted by Crippen LogP contribution is -2.31. The molecule has 9 heteroatoms.